The molecule has 7 heteroatoms. The summed E-state index contributed by atoms with van der Waals surface area (Å²) < 4.78 is 0.552. The minimum Gasteiger partial charge on any atom is -0.364 e. The molecule has 0 atom stereocenters. The van der Waals surface area contributed by atoms with Crippen molar-refractivity contribution in [1.82, 2.24) is 4.98 Å². The number of nitrogens with zero attached hydrogens (tertiary/aromatic N) is 4. The molecule has 1 heterocycles. The van der Waals surface area contributed by atoms with Gasteiger partial charge in [0.05, 0.1) is 21.0 Å². The second-order valence-corrected chi connectivity index (χ2v) is 5.27. The Morgan fingerprint density at radius 1 is 1.48 bits per heavy atom. The number of pyridine rings is 1. The van der Waals surface area contributed by atoms with E-state index in [0.29, 0.717) is 22.3 Å². The lowest BCUT2D eigenvalue weighted by Gasteiger charge is -2.20. The molecule has 2 rings (SSSR count). The summed E-state index contributed by atoms with van der Waals surface area (Å²) in [4.78, 5) is 16.2. The molecule has 0 N–H and O–H groups in total. The summed E-state index contributed by atoms with van der Waals surface area (Å²) in [7, 11) is 1.76. The van der Waals surface area contributed by atoms with Gasteiger partial charge in [-0.25, -0.2) is 0 Å². The molecule has 0 saturated carbocycles. The van der Waals surface area contributed by atoms with E-state index in [-0.39, 0.29) is 5.69 Å². The number of nitro groups is 1. The molecule has 0 amide bonds. The second kappa shape index (κ2) is 6.33. The normalized spacial score (nSPS) is 9.95. The van der Waals surface area contributed by atoms with E-state index in [1.54, 1.807) is 30.1 Å². The van der Waals surface area contributed by atoms with E-state index < -0.39 is 4.92 Å². The number of aromatic nitrogens is 1. The first-order valence-corrected chi connectivity index (χ1v) is 6.80. The van der Waals surface area contributed by atoms with Crippen LogP contribution in [0.25, 0.3) is 0 Å². The van der Waals surface area contributed by atoms with Gasteiger partial charge in [-0.15, -0.1) is 0 Å². The predicted molar refractivity (Wildman–Crippen MR) is 81.9 cm³/mol. The zero-order valence-corrected chi connectivity index (χ0v) is 12.7. The highest BCUT2D eigenvalue weighted by Gasteiger charge is 2.21. The van der Waals surface area contributed by atoms with Crippen molar-refractivity contribution >= 4 is 27.3 Å². The van der Waals surface area contributed by atoms with Gasteiger partial charge in [-0.1, -0.05) is 12.1 Å². The number of hydrogen-bond donors (Lipinski definition) is 0. The topological polar surface area (TPSA) is 83.1 Å². The molecule has 6 nitrogen and oxygen atoms in total. The highest BCUT2D eigenvalue weighted by atomic mass is 79.9. The van der Waals surface area contributed by atoms with Crippen LogP contribution in [0.2, 0.25) is 0 Å². The summed E-state index contributed by atoms with van der Waals surface area (Å²) in [6.45, 7) is 0.443. The Kier molecular flexibility index (Phi) is 4.50. The van der Waals surface area contributed by atoms with Crippen molar-refractivity contribution in [3.05, 3.63) is 62.4 Å². The summed E-state index contributed by atoms with van der Waals surface area (Å²) in [5, 5.41) is 20.0. The molecular weight excluding hydrogens is 336 g/mol. The number of hydrogen-bond acceptors (Lipinski definition) is 5. The van der Waals surface area contributed by atoms with Gasteiger partial charge >= 0.3 is 5.69 Å². The van der Waals surface area contributed by atoms with Crippen molar-refractivity contribution in [2.24, 2.45) is 0 Å². The molecule has 2 aromatic rings. The lowest BCUT2D eigenvalue weighted by atomic mass is 10.1. The first-order valence-electron chi connectivity index (χ1n) is 6.01. The standard InChI is InChI=1S/C14H11BrN4O2/c1-18(9-11-4-2-3-10(5-11)6-16)14-12(15)7-17-8-13(14)19(20)21/h2-5,7-8H,9H2,1H3. The fraction of sp³-hybridized carbons (Fsp3) is 0.143. The Morgan fingerprint density at radius 3 is 2.90 bits per heavy atom. The van der Waals surface area contributed by atoms with Crippen LogP contribution >= 0.6 is 15.9 Å². The molecule has 0 bridgehead atoms. The number of benzene rings is 1. The number of halogens is 1. The van der Waals surface area contributed by atoms with E-state index >= 15 is 0 Å². The molecule has 0 radical (unpaired) electrons. The Balaban J connectivity index is 2.34. The van der Waals surface area contributed by atoms with Crippen molar-refractivity contribution in [2.75, 3.05) is 11.9 Å². The highest BCUT2D eigenvalue weighted by Crippen LogP contribution is 2.34. The first-order chi connectivity index (χ1) is 10.0. The third-order valence-electron chi connectivity index (χ3n) is 2.91. The number of nitriles is 1. The van der Waals surface area contributed by atoms with Gasteiger partial charge in [0, 0.05) is 19.8 Å². The Morgan fingerprint density at radius 2 is 2.24 bits per heavy atom. The average Bonchev–Trinajstić information content (AvgIpc) is 2.46. The fourth-order valence-electron chi connectivity index (χ4n) is 2.02. The molecule has 0 aliphatic heterocycles. The molecule has 21 heavy (non-hydrogen) atoms. The summed E-state index contributed by atoms with van der Waals surface area (Å²) in [5.74, 6) is 0. The van der Waals surface area contributed by atoms with Crippen LogP contribution in [0.15, 0.2) is 41.1 Å². The molecule has 0 saturated heterocycles. The van der Waals surface area contributed by atoms with E-state index in [0.717, 1.165) is 5.56 Å². The summed E-state index contributed by atoms with van der Waals surface area (Å²) in [6, 6.07) is 9.22. The zero-order chi connectivity index (χ0) is 15.4. The van der Waals surface area contributed by atoms with Crippen LogP contribution in [-0.4, -0.2) is 17.0 Å². The average molecular weight is 347 g/mol. The van der Waals surface area contributed by atoms with Crippen LogP contribution in [0.1, 0.15) is 11.1 Å². The lowest BCUT2D eigenvalue weighted by Crippen LogP contribution is -2.18. The molecule has 0 aliphatic carbocycles. The maximum Gasteiger partial charge on any atom is 0.311 e. The van der Waals surface area contributed by atoms with Crippen molar-refractivity contribution in [2.45, 2.75) is 6.54 Å². The Bertz CT molecular complexity index is 727. The SMILES string of the molecule is CN(Cc1cccc(C#N)c1)c1c(Br)cncc1[N+](=O)[O-]. The van der Waals surface area contributed by atoms with Gasteiger partial charge in [0.25, 0.3) is 0 Å². The van der Waals surface area contributed by atoms with Gasteiger partial charge in [0.2, 0.25) is 0 Å². The second-order valence-electron chi connectivity index (χ2n) is 4.41. The molecule has 0 unspecified atom stereocenters. The van der Waals surface area contributed by atoms with Gasteiger partial charge in [-0.05, 0) is 33.6 Å². The molecular formula is C14H11BrN4O2. The smallest absolute Gasteiger partial charge is 0.311 e. The fourth-order valence-corrected chi connectivity index (χ4v) is 2.65. The maximum atomic E-state index is 11.1. The molecule has 1 aromatic heterocycles. The third kappa shape index (κ3) is 3.35. The highest BCUT2D eigenvalue weighted by molar-refractivity contribution is 9.10. The van der Waals surface area contributed by atoms with Crippen LogP contribution < -0.4 is 4.90 Å². The van der Waals surface area contributed by atoms with Gasteiger partial charge in [0.15, 0.2) is 0 Å². The third-order valence-corrected chi connectivity index (χ3v) is 3.49. The predicted octanol–water partition coefficient (Wildman–Crippen LogP) is 3.26. The van der Waals surface area contributed by atoms with Crippen molar-refractivity contribution in [3.63, 3.8) is 0 Å². The molecule has 1 aromatic carbocycles. The summed E-state index contributed by atoms with van der Waals surface area (Å²) in [6.07, 6.45) is 2.74. The minimum atomic E-state index is -0.463. The van der Waals surface area contributed by atoms with E-state index in [1.807, 2.05) is 6.07 Å². The van der Waals surface area contributed by atoms with E-state index in [9.17, 15) is 10.1 Å². The van der Waals surface area contributed by atoms with Crippen LogP contribution in [0.5, 0.6) is 0 Å². The minimum absolute atomic E-state index is 0.0664. The van der Waals surface area contributed by atoms with Crippen molar-refractivity contribution in [3.8, 4) is 6.07 Å². The van der Waals surface area contributed by atoms with Gasteiger partial charge < -0.3 is 4.90 Å². The molecule has 106 valence electrons. The van der Waals surface area contributed by atoms with E-state index in [4.69, 9.17) is 5.26 Å². The van der Waals surface area contributed by atoms with E-state index in [2.05, 4.69) is 27.0 Å². The van der Waals surface area contributed by atoms with Crippen LogP contribution in [0.4, 0.5) is 11.4 Å². The van der Waals surface area contributed by atoms with Crippen LogP contribution in [-0.2, 0) is 6.54 Å². The lowest BCUT2D eigenvalue weighted by molar-refractivity contribution is -0.384. The van der Waals surface area contributed by atoms with E-state index in [1.165, 1.54) is 12.4 Å². The van der Waals surface area contributed by atoms with Crippen LogP contribution in [0.3, 0.4) is 0 Å². The maximum absolute atomic E-state index is 11.1. The quantitative estimate of drug-likeness (QED) is 0.626. The first kappa shape index (κ1) is 14.9. The molecule has 0 fully saturated rings. The van der Waals surface area contributed by atoms with Gasteiger partial charge in [-0.3, -0.25) is 15.1 Å². The van der Waals surface area contributed by atoms with Crippen molar-refractivity contribution < 1.29 is 4.92 Å². The molecule has 0 spiro atoms. The number of anilines is 1. The van der Waals surface area contributed by atoms with Crippen LogP contribution in [0, 0.1) is 21.4 Å². The summed E-state index contributed by atoms with van der Waals surface area (Å²) >= 11 is 3.30. The Hall–Kier alpha value is -2.46. The number of rotatable bonds is 4. The van der Waals surface area contributed by atoms with Crippen molar-refractivity contribution in [1.29, 1.82) is 5.26 Å². The monoisotopic (exact) mass is 346 g/mol. The zero-order valence-electron chi connectivity index (χ0n) is 11.2. The largest absolute Gasteiger partial charge is 0.364 e. The Labute approximate surface area is 129 Å². The summed E-state index contributed by atoms with van der Waals surface area (Å²) in [5.41, 5.74) is 1.85. The van der Waals surface area contributed by atoms with Gasteiger partial charge in [-0.2, -0.15) is 5.26 Å². The van der Waals surface area contributed by atoms with Gasteiger partial charge in [0.1, 0.15) is 11.9 Å². The molecule has 0 aliphatic rings.